The molecular formula is C34H37F3N6O2. The van der Waals surface area contributed by atoms with Crippen LogP contribution in [0.25, 0.3) is 27.4 Å². The molecule has 8 nitrogen and oxygen atoms in total. The second-order valence-corrected chi connectivity index (χ2v) is 13.3. The van der Waals surface area contributed by atoms with Gasteiger partial charge < -0.3 is 20.1 Å². The zero-order chi connectivity index (χ0) is 31.0. The lowest BCUT2D eigenvalue weighted by Gasteiger charge is -2.34. The maximum Gasteiger partial charge on any atom is 0.336 e. The number of ether oxygens (including phenoxy) is 1. The van der Waals surface area contributed by atoms with Gasteiger partial charge in [-0.3, -0.25) is 4.90 Å². The van der Waals surface area contributed by atoms with Crippen LogP contribution in [0.3, 0.4) is 0 Å². The molecule has 2 N–H and O–H groups in total. The third-order valence-electron chi connectivity index (χ3n) is 10.5. The van der Waals surface area contributed by atoms with Crippen LogP contribution in [0.5, 0.6) is 11.8 Å². The fourth-order valence-electron chi connectivity index (χ4n) is 8.32. The Morgan fingerprint density at radius 3 is 2.73 bits per heavy atom. The molecule has 5 atom stereocenters. The number of nitrogens with zero attached hydrogens (tertiary/aromatic N) is 5. The SMILES string of the molecule is C=CC(C)c1c(F)ccc2cc(O)cc(-c3cc4c(N5CC6CCC(C5)N6)nc(OC[C@@]56CCCN5C[C@H](F)C6)nn4c3F)c12. The first-order valence-corrected chi connectivity index (χ1v) is 15.9. The number of hydrogen-bond donors (Lipinski definition) is 2. The lowest BCUT2D eigenvalue weighted by atomic mass is 9.89. The van der Waals surface area contributed by atoms with Gasteiger partial charge in [-0.25, -0.2) is 8.78 Å². The van der Waals surface area contributed by atoms with Gasteiger partial charge in [-0.2, -0.15) is 13.9 Å². The Balaban J connectivity index is 1.28. The van der Waals surface area contributed by atoms with E-state index in [-0.39, 0.29) is 29.8 Å². The first kappa shape index (κ1) is 28.6. The van der Waals surface area contributed by atoms with Crippen molar-refractivity contribution >= 4 is 22.1 Å². The smallest absolute Gasteiger partial charge is 0.336 e. The van der Waals surface area contributed by atoms with E-state index in [2.05, 4.69) is 26.8 Å². The first-order valence-electron chi connectivity index (χ1n) is 15.9. The number of piperazine rings is 1. The Bertz CT molecular complexity index is 1820. The third-order valence-corrected chi connectivity index (χ3v) is 10.5. The van der Waals surface area contributed by atoms with E-state index >= 15 is 8.78 Å². The van der Waals surface area contributed by atoms with Crippen LogP contribution in [-0.2, 0) is 0 Å². The minimum absolute atomic E-state index is 0.0285. The summed E-state index contributed by atoms with van der Waals surface area (Å²) in [7, 11) is 0. The van der Waals surface area contributed by atoms with Crippen molar-refractivity contribution in [1.82, 2.24) is 24.8 Å². The molecule has 6 heterocycles. The van der Waals surface area contributed by atoms with Crippen molar-refractivity contribution in [1.29, 1.82) is 0 Å². The molecule has 11 heteroatoms. The molecule has 0 radical (unpaired) electrons. The zero-order valence-electron chi connectivity index (χ0n) is 25.3. The number of phenolic OH excluding ortho intramolecular Hbond substituents is 1. The van der Waals surface area contributed by atoms with E-state index < -0.39 is 23.5 Å². The summed E-state index contributed by atoms with van der Waals surface area (Å²) in [4.78, 5) is 9.17. The van der Waals surface area contributed by atoms with E-state index in [0.717, 1.165) is 32.2 Å². The average molecular weight is 619 g/mol. The second-order valence-electron chi connectivity index (χ2n) is 13.3. The van der Waals surface area contributed by atoms with Gasteiger partial charge in [-0.15, -0.1) is 11.7 Å². The number of phenols is 1. The Morgan fingerprint density at radius 1 is 1.16 bits per heavy atom. The van der Waals surface area contributed by atoms with Gasteiger partial charge in [-0.1, -0.05) is 19.1 Å². The first-order chi connectivity index (χ1) is 21.7. The number of anilines is 1. The highest BCUT2D eigenvalue weighted by molar-refractivity contribution is 6.01. The summed E-state index contributed by atoms with van der Waals surface area (Å²) in [6.07, 6.45) is 5.07. The van der Waals surface area contributed by atoms with Gasteiger partial charge in [0.15, 0.2) is 5.82 Å². The van der Waals surface area contributed by atoms with Crippen LogP contribution in [0.1, 0.15) is 50.5 Å². The predicted molar refractivity (Wildman–Crippen MR) is 167 cm³/mol. The van der Waals surface area contributed by atoms with Crippen LogP contribution in [0.15, 0.2) is 43.0 Å². The molecule has 4 fully saturated rings. The molecule has 45 heavy (non-hydrogen) atoms. The van der Waals surface area contributed by atoms with Gasteiger partial charge in [0, 0.05) is 55.2 Å². The van der Waals surface area contributed by atoms with Crippen LogP contribution in [0.2, 0.25) is 0 Å². The summed E-state index contributed by atoms with van der Waals surface area (Å²) in [5.74, 6) is -0.975. The fraction of sp³-hybridized carbons (Fsp3) is 0.471. The number of benzene rings is 2. The van der Waals surface area contributed by atoms with E-state index in [1.807, 2.05) is 6.92 Å². The summed E-state index contributed by atoms with van der Waals surface area (Å²) in [6.45, 7) is 8.55. The minimum Gasteiger partial charge on any atom is -0.508 e. The Morgan fingerprint density at radius 2 is 1.96 bits per heavy atom. The van der Waals surface area contributed by atoms with Crippen LogP contribution in [-0.4, -0.2) is 81.2 Å². The van der Waals surface area contributed by atoms with Gasteiger partial charge in [0.2, 0.25) is 5.95 Å². The lowest BCUT2D eigenvalue weighted by molar-refractivity contribution is 0.106. The van der Waals surface area contributed by atoms with Crippen molar-refractivity contribution in [3.05, 3.63) is 60.3 Å². The van der Waals surface area contributed by atoms with Crippen molar-refractivity contribution in [3.63, 3.8) is 0 Å². The average Bonchev–Trinajstić information content (AvgIpc) is 3.75. The van der Waals surface area contributed by atoms with Crippen LogP contribution < -0.4 is 15.0 Å². The lowest BCUT2D eigenvalue weighted by Crippen LogP contribution is -2.51. The molecular weight excluding hydrogens is 581 g/mol. The van der Waals surface area contributed by atoms with Crippen molar-refractivity contribution < 1.29 is 23.0 Å². The van der Waals surface area contributed by atoms with E-state index in [9.17, 15) is 9.50 Å². The highest BCUT2D eigenvalue weighted by Crippen LogP contribution is 2.43. The molecule has 4 aliphatic heterocycles. The Labute approximate surface area is 259 Å². The number of allylic oxidation sites excluding steroid dienone is 1. The Hall–Kier alpha value is -3.83. The quantitative estimate of drug-likeness (QED) is 0.257. The normalized spacial score (nSPS) is 27.0. The number of alkyl halides is 1. The highest BCUT2D eigenvalue weighted by atomic mass is 19.1. The number of aromatic nitrogens is 3. The molecule has 0 saturated carbocycles. The number of rotatable bonds is 7. The second kappa shape index (κ2) is 10.6. The molecule has 4 aliphatic rings. The van der Waals surface area contributed by atoms with Crippen molar-refractivity contribution in [2.24, 2.45) is 0 Å². The third kappa shape index (κ3) is 4.65. The summed E-state index contributed by atoms with van der Waals surface area (Å²) in [6, 6.07) is 8.28. The molecule has 0 spiro atoms. The highest BCUT2D eigenvalue weighted by Gasteiger charge is 2.49. The van der Waals surface area contributed by atoms with Crippen molar-refractivity contribution in [2.45, 2.75) is 68.7 Å². The maximum atomic E-state index is 16.7. The zero-order valence-corrected chi connectivity index (χ0v) is 25.3. The molecule has 236 valence electrons. The molecule has 0 aliphatic carbocycles. The predicted octanol–water partition coefficient (Wildman–Crippen LogP) is 5.72. The van der Waals surface area contributed by atoms with Crippen LogP contribution in [0.4, 0.5) is 19.0 Å². The van der Waals surface area contributed by atoms with Gasteiger partial charge in [0.05, 0.1) is 5.54 Å². The van der Waals surface area contributed by atoms with E-state index in [1.54, 1.807) is 24.3 Å². The topological polar surface area (TPSA) is 78.2 Å². The molecule has 3 unspecified atom stereocenters. The van der Waals surface area contributed by atoms with Gasteiger partial charge in [0.25, 0.3) is 0 Å². The summed E-state index contributed by atoms with van der Waals surface area (Å²) in [5.41, 5.74) is 0.943. The summed E-state index contributed by atoms with van der Waals surface area (Å²) in [5, 5.41) is 19.9. The van der Waals surface area contributed by atoms with Gasteiger partial charge in [-0.05, 0) is 72.8 Å². The number of nitrogens with one attached hydrogen (secondary N) is 1. The summed E-state index contributed by atoms with van der Waals surface area (Å²) >= 11 is 0. The van der Waals surface area contributed by atoms with E-state index in [0.29, 0.717) is 71.4 Å². The van der Waals surface area contributed by atoms with Crippen molar-refractivity contribution in [2.75, 3.05) is 37.7 Å². The largest absolute Gasteiger partial charge is 0.508 e. The standard InChI is InChI=1S/C34H37F3N6O2/c1-3-19(2)29-27(36)8-5-20-11-24(44)12-25(30(20)29)26-13-28-32(41-16-22-6-7-23(17-41)38-22)39-33(40-43(28)31(26)37)45-18-34-9-4-10-42(34)15-21(35)14-34/h3,5,8,11-13,19,21-23,38,44H,1,4,6-7,9-10,14-18H2,2H3/t19?,21-,22?,23?,34+/m1/s1. The molecule has 4 aromatic rings. The van der Waals surface area contributed by atoms with Crippen LogP contribution in [0, 0.1) is 11.8 Å². The minimum atomic E-state index is -0.899. The number of hydrogen-bond acceptors (Lipinski definition) is 7. The Kier molecular flexibility index (Phi) is 6.76. The van der Waals surface area contributed by atoms with E-state index in [1.165, 1.54) is 16.6 Å². The van der Waals surface area contributed by atoms with Gasteiger partial charge >= 0.3 is 6.01 Å². The molecule has 2 aromatic carbocycles. The van der Waals surface area contributed by atoms with Gasteiger partial charge in [0.1, 0.15) is 29.9 Å². The number of halogens is 3. The maximum absolute atomic E-state index is 16.7. The number of aromatic hydroxyl groups is 1. The van der Waals surface area contributed by atoms with Crippen molar-refractivity contribution in [3.8, 4) is 22.9 Å². The molecule has 2 bridgehead atoms. The summed E-state index contributed by atoms with van der Waals surface area (Å²) < 4.78 is 54.0. The molecule has 0 amide bonds. The van der Waals surface area contributed by atoms with E-state index in [4.69, 9.17) is 9.72 Å². The molecule has 2 aromatic heterocycles. The fourth-order valence-corrected chi connectivity index (χ4v) is 8.32. The number of fused-ring (bicyclic) bond motifs is 5. The molecule has 8 rings (SSSR count). The monoisotopic (exact) mass is 618 g/mol. The van der Waals surface area contributed by atoms with Crippen LogP contribution >= 0.6 is 0 Å². The molecule has 4 saturated heterocycles.